The molecular formula is C27H44O3. The first-order valence-corrected chi connectivity index (χ1v) is 12.8. The van der Waals surface area contributed by atoms with Crippen molar-refractivity contribution in [2.24, 2.45) is 52.3 Å². The molecule has 4 saturated carbocycles. The molecule has 4 aliphatic carbocycles. The zero-order valence-electron chi connectivity index (χ0n) is 20.0. The number of hydrogen-bond donors (Lipinski definition) is 1. The minimum Gasteiger partial charge on any atom is -0.393 e. The molecule has 4 aliphatic rings. The van der Waals surface area contributed by atoms with Crippen LogP contribution < -0.4 is 0 Å². The average Bonchev–Trinajstić information content (AvgIpc) is 3.03. The largest absolute Gasteiger partial charge is 0.393 e. The molecule has 170 valence electrons. The zero-order chi connectivity index (χ0) is 21.8. The van der Waals surface area contributed by atoms with Crippen molar-refractivity contribution in [3.05, 3.63) is 0 Å². The summed E-state index contributed by atoms with van der Waals surface area (Å²) in [5, 5.41) is 11.3. The van der Waals surface area contributed by atoms with Crippen LogP contribution in [0, 0.1) is 52.3 Å². The number of Topliss-reactive ketones (excluding diaryl/α,β-unsaturated/α-hetero) is 2. The highest BCUT2D eigenvalue weighted by Crippen LogP contribution is 2.67. The van der Waals surface area contributed by atoms with Gasteiger partial charge < -0.3 is 5.11 Å². The van der Waals surface area contributed by atoms with Crippen molar-refractivity contribution in [3.63, 3.8) is 0 Å². The molecule has 3 nitrogen and oxygen atoms in total. The van der Waals surface area contributed by atoms with E-state index in [0.717, 1.165) is 30.6 Å². The Bertz CT molecular complexity index is 684. The summed E-state index contributed by atoms with van der Waals surface area (Å²) in [7, 11) is 0. The van der Waals surface area contributed by atoms with Crippen LogP contribution in [0.25, 0.3) is 0 Å². The van der Waals surface area contributed by atoms with E-state index in [0.29, 0.717) is 36.0 Å². The maximum atomic E-state index is 12.7. The Hall–Kier alpha value is -0.700. The number of ketones is 2. The van der Waals surface area contributed by atoms with E-state index in [2.05, 4.69) is 34.6 Å². The summed E-state index contributed by atoms with van der Waals surface area (Å²) in [6.07, 6.45) is 10.3. The van der Waals surface area contributed by atoms with Gasteiger partial charge in [0.1, 0.15) is 0 Å². The Morgan fingerprint density at radius 1 is 0.967 bits per heavy atom. The van der Waals surface area contributed by atoms with Crippen LogP contribution >= 0.6 is 0 Å². The van der Waals surface area contributed by atoms with Gasteiger partial charge in [-0.25, -0.2) is 0 Å². The van der Waals surface area contributed by atoms with Crippen LogP contribution in [0.3, 0.4) is 0 Å². The lowest BCUT2D eigenvalue weighted by atomic mass is 9.43. The Morgan fingerprint density at radius 2 is 1.67 bits per heavy atom. The summed E-state index contributed by atoms with van der Waals surface area (Å²) >= 11 is 0. The molecule has 0 bridgehead atoms. The van der Waals surface area contributed by atoms with E-state index in [1.165, 1.54) is 38.5 Å². The van der Waals surface area contributed by atoms with E-state index in [4.69, 9.17) is 0 Å². The van der Waals surface area contributed by atoms with Crippen molar-refractivity contribution in [3.8, 4) is 0 Å². The second-order valence-electron chi connectivity index (χ2n) is 12.5. The van der Waals surface area contributed by atoms with Crippen LogP contribution in [0.5, 0.6) is 0 Å². The summed E-state index contributed by atoms with van der Waals surface area (Å²) in [5.41, 5.74) is 0.244. The van der Waals surface area contributed by atoms with Gasteiger partial charge >= 0.3 is 0 Å². The summed E-state index contributed by atoms with van der Waals surface area (Å²) in [5.74, 6) is 2.99. The molecule has 30 heavy (non-hydrogen) atoms. The third kappa shape index (κ3) is 3.42. The molecule has 4 fully saturated rings. The number of carbonyl (C=O) groups excluding carboxylic acids is 2. The molecule has 0 aromatic carbocycles. The Morgan fingerprint density at radius 3 is 2.37 bits per heavy atom. The van der Waals surface area contributed by atoms with Gasteiger partial charge in [-0.05, 0) is 84.9 Å². The Kier molecular flexibility index (Phi) is 6.01. The van der Waals surface area contributed by atoms with Gasteiger partial charge in [0.15, 0.2) is 5.78 Å². The first-order chi connectivity index (χ1) is 14.1. The van der Waals surface area contributed by atoms with Gasteiger partial charge in [-0.1, -0.05) is 53.9 Å². The Labute approximate surface area is 183 Å². The van der Waals surface area contributed by atoms with Gasteiger partial charge in [0.25, 0.3) is 0 Å². The van der Waals surface area contributed by atoms with Crippen molar-refractivity contribution >= 4 is 11.6 Å². The van der Waals surface area contributed by atoms with E-state index >= 15 is 0 Å². The lowest BCUT2D eigenvalue weighted by molar-refractivity contribution is -0.176. The van der Waals surface area contributed by atoms with Gasteiger partial charge in [0.2, 0.25) is 5.78 Å². The minimum absolute atomic E-state index is 0.0861. The summed E-state index contributed by atoms with van der Waals surface area (Å²) < 4.78 is 0. The van der Waals surface area contributed by atoms with E-state index < -0.39 is 6.10 Å². The number of aliphatic hydroxyl groups is 1. The van der Waals surface area contributed by atoms with Crippen LogP contribution in [0.4, 0.5) is 0 Å². The fourth-order valence-corrected chi connectivity index (χ4v) is 8.92. The number of aliphatic hydroxyl groups excluding tert-OH is 1. The normalized spacial score (nSPS) is 47.0. The van der Waals surface area contributed by atoms with Crippen molar-refractivity contribution in [1.82, 2.24) is 0 Å². The monoisotopic (exact) mass is 416 g/mol. The molecule has 1 unspecified atom stereocenters. The SMILES string of the molecule is CC(C)CCC[C@@H](C)[C@H]1CC[C@H]2[C@@H]3[C@H](O)CC4C(=O)C(=O)CC[C@]4(C)[C@H]3CC[C@]12C. The lowest BCUT2D eigenvalue weighted by Crippen LogP contribution is -2.60. The quantitative estimate of drug-likeness (QED) is 0.574. The van der Waals surface area contributed by atoms with Gasteiger partial charge in [0.05, 0.1) is 6.10 Å². The summed E-state index contributed by atoms with van der Waals surface area (Å²) in [6.45, 7) is 11.9. The molecule has 0 aliphatic heterocycles. The third-order valence-corrected chi connectivity index (χ3v) is 10.6. The molecule has 0 radical (unpaired) electrons. The van der Waals surface area contributed by atoms with Gasteiger partial charge in [-0.2, -0.15) is 0 Å². The van der Waals surface area contributed by atoms with E-state index in [1.807, 2.05) is 0 Å². The first kappa shape index (κ1) is 22.5. The van der Waals surface area contributed by atoms with Crippen molar-refractivity contribution in [2.75, 3.05) is 0 Å². The number of fused-ring (bicyclic) bond motifs is 5. The predicted octanol–water partition coefficient (Wildman–Crippen LogP) is 5.83. The number of carbonyl (C=O) groups is 2. The smallest absolute Gasteiger partial charge is 0.202 e. The topological polar surface area (TPSA) is 54.4 Å². The number of hydrogen-bond acceptors (Lipinski definition) is 3. The summed E-state index contributed by atoms with van der Waals surface area (Å²) in [4.78, 5) is 24.8. The van der Waals surface area contributed by atoms with Gasteiger partial charge in [-0.15, -0.1) is 0 Å². The molecular weight excluding hydrogens is 372 g/mol. The van der Waals surface area contributed by atoms with Crippen LogP contribution in [-0.4, -0.2) is 22.8 Å². The van der Waals surface area contributed by atoms with Gasteiger partial charge in [-0.3, -0.25) is 9.59 Å². The Balaban J connectivity index is 1.54. The molecule has 0 aromatic heterocycles. The molecule has 3 heteroatoms. The van der Waals surface area contributed by atoms with E-state index in [-0.39, 0.29) is 22.9 Å². The molecule has 0 heterocycles. The highest BCUT2D eigenvalue weighted by atomic mass is 16.3. The molecule has 4 rings (SSSR count). The van der Waals surface area contributed by atoms with E-state index in [9.17, 15) is 14.7 Å². The van der Waals surface area contributed by atoms with Crippen molar-refractivity contribution < 1.29 is 14.7 Å². The molecule has 0 spiro atoms. The van der Waals surface area contributed by atoms with Crippen LogP contribution in [-0.2, 0) is 9.59 Å². The second kappa shape index (κ2) is 8.01. The zero-order valence-corrected chi connectivity index (χ0v) is 20.0. The van der Waals surface area contributed by atoms with Crippen molar-refractivity contribution in [2.45, 2.75) is 105 Å². The van der Waals surface area contributed by atoms with Crippen LogP contribution in [0.1, 0.15) is 98.8 Å². The molecule has 9 atom stereocenters. The van der Waals surface area contributed by atoms with Crippen LogP contribution in [0.15, 0.2) is 0 Å². The number of rotatable bonds is 5. The third-order valence-electron chi connectivity index (χ3n) is 10.6. The average molecular weight is 417 g/mol. The lowest BCUT2D eigenvalue weighted by Gasteiger charge is -2.61. The summed E-state index contributed by atoms with van der Waals surface area (Å²) in [6, 6.07) is 0. The predicted molar refractivity (Wildman–Crippen MR) is 120 cm³/mol. The molecule has 0 saturated heterocycles. The molecule has 0 aromatic rings. The second-order valence-corrected chi connectivity index (χ2v) is 12.5. The highest BCUT2D eigenvalue weighted by molar-refractivity contribution is 6.38. The highest BCUT2D eigenvalue weighted by Gasteiger charge is 2.64. The van der Waals surface area contributed by atoms with Crippen LogP contribution in [0.2, 0.25) is 0 Å². The minimum atomic E-state index is -0.414. The first-order valence-electron chi connectivity index (χ1n) is 12.8. The maximum Gasteiger partial charge on any atom is 0.202 e. The molecule has 0 amide bonds. The maximum absolute atomic E-state index is 12.7. The van der Waals surface area contributed by atoms with Crippen molar-refractivity contribution in [1.29, 1.82) is 0 Å². The molecule has 1 N–H and O–H groups in total. The standard InChI is InChI=1S/C27H44O3/c1-16(2)7-6-8-17(3)18-9-10-19-24-20(11-13-26(18,19)4)27(5)14-12-22(28)25(30)21(27)15-23(24)29/h16-21,23-24,29H,6-15H2,1-5H3/t17-,18-,19+,20+,21?,23-,24+,26-,27-/m1/s1. The van der Waals surface area contributed by atoms with Gasteiger partial charge in [0, 0.05) is 12.3 Å². The fraction of sp³-hybridized carbons (Fsp3) is 0.926. The fourth-order valence-electron chi connectivity index (χ4n) is 8.92. The van der Waals surface area contributed by atoms with E-state index in [1.54, 1.807) is 0 Å².